The van der Waals surface area contributed by atoms with Gasteiger partial charge in [-0.1, -0.05) is 36.4 Å². The molecule has 30 heavy (non-hydrogen) atoms. The summed E-state index contributed by atoms with van der Waals surface area (Å²) in [4.78, 5) is 44.4. The highest BCUT2D eigenvalue weighted by Gasteiger charge is 2.19. The molecule has 0 fully saturated rings. The average molecular weight is 398 g/mol. The third kappa shape index (κ3) is 4.61. The van der Waals surface area contributed by atoms with Gasteiger partial charge in [0.15, 0.2) is 5.82 Å². The summed E-state index contributed by atoms with van der Waals surface area (Å²) in [5, 5.41) is 2.97. The van der Waals surface area contributed by atoms with Crippen molar-refractivity contribution in [1.82, 2.24) is 30.2 Å². The predicted octanol–water partition coefficient (Wildman–Crippen LogP) is 2.34. The number of carbonyl (C=O) groups excluding carboxylic acids is 1. The molecule has 3 heterocycles. The van der Waals surface area contributed by atoms with Crippen LogP contribution in [0.2, 0.25) is 0 Å². The number of H-pyrrole nitrogens is 1. The van der Waals surface area contributed by atoms with Crippen molar-refractivity contribution in [1.29, 1.82) is 0 Å². The van der Waals surface area contributed by atoms with Gasteiger partial charge in [-0.05, 0) is 17.7 Å². The minimum Gasteiger partial charge on any atom is -0.343 e. The van der Waals surface area contributed by atoms with E-state index in [4.69, 9.17) is 0 Å². The van der Waals surface area contributed by atoms with Crippen LogP contribution in [0.25, 0.3) is 11.5 Å². The number of rotatable bonds is 6. The van der Waals surface area contributed by atoms with Crippen molar-refractivity contribution in [2.75, 3.05) is 0 Å². The largest absolute Gasteiger partial charge is 0.343 e. The molecule has 3 aromatic heterocycles. The SMILES string of the molecule is O=C(NC(Cc1cc(=O)[nH]c(-c2ccccn2)n1)c1ccccc1)c1cnccn1. The summed E-state index contributed by atoms with van der Waals surface area (Å²) in [5.74, 6) is 0.0249. The third-order valence-corrected chi connectivity index (χ3v) is 4.42. The molecule has 0 aliphatic carbocycles. The van der Waals surface area contributed by atoms with E-state index in [-0.39, 0.29) is 17.2 Å². The molecule has 1 unspecified atom stereocenters. The lowest BCUT2D eigenvalue weighted by Crippen LogP contribution is -2.31. The maximum absolute atomic E-state index is 12.7. The molecule has 0 aliphatic rings. The molecule has 0 spiro atoms. The number of benzene rings is 1. The summed E-state index contributed by atoms with van der Waals surface area (Å²) >= 11 is 0. The number of carbonyl (C=O) groups is 1. The van der Waals surface area contributed by atoms with Gasteiger partial charge in [0.05, 0.1) is 17.9 Å². The second kappa shape index (κ2) is 8.87. The molecule has 1 aromatic carbocycles. The van der Waals surface area contributed by atoms with Crippen molar-refractivity contribution in [3.8, 4) is 11.5 Å². The Bertz CT molecular complexity index is 1180. The number of aromatic nitrogens is 5. The van der Waals surface area contributed by atoms with Gasteiger partial charge >= 0.3 is 0 Å². The second-order valence-electron chi connectivity index (χ2n) is 6.53. The van der Waals surface area contributed by atoms with Gasteiger partial charge in [-0.15, -0.1) is 0 Å². The van der Waals surface area contributed by atoms with Crippen molar-refractivity contribution in [2.45, 2.75) is 12.5 Å². The minimum atomic E-state index is -0.411. The number of hydrogen-bond acceptors (Lipinski definition) is 6. The van der Waals surface area contributed by atoms with E-state index in [1.807, 2.05) is 36.4 Å². The normalized spacial score (nSPS) is 11.6. The smallest absolute Gasteiger partial charge is 0.271 e. The summed E-state index contributed by atoms with van der Waals surface area (Å²) in [6, 6.07) is 15.9. The Kier molecular flexibility index (Phi) is 5.66. The van der Waals surface area contributed by atoms with Gasteiger partial charge in [0, 0.05) is 31.1 Å². The Labute approximate surface area is 172 Å². The van der Waals surface area contributed by atoms with Gasteiger partial charge in [0.1, 0.15) is 11.4 Å². The van der Waals surface area contributed by atoms with E-state index in [1.54, 1.807) is 18.3 Å². The van der Waals surface area contributed by atoms with Crippen LogP contribution in [0.3, 0.4) is 0 Å². The first-order valence-electron chi connectivity index (χ1n) is 9.32. The monoisotopic (exact) mass is 398 g/mol. The number of pyridine rings is 1. The zero-order valence-electron chi connectivity index (χ0n) is 15.9. The Hall–Kier alpha value is -4.20. The summed E-state index contributed by atoms with van der Waals surface area (Å²) in [7, 11) is 0. The van der Waals surface area contributed by atoms with E-state index < -0.39 is 6.04 Å². The highest BCUT2D eigenvalue weighted by atomic mass is 16.2. The van der Waals surface area contributed by atoms with E-state index >= 15 is 0 Å². The van der Waals surface area contributed by atoms with Crippen LogP contribution < -0.4 is 10.9 Å². The van der Waals surface area contributed by atoms with Crippen LogP contribution in [0.1, 0.15) is 27.8 Å². The quantitative estimate of drug-likeness (QED) is 0.515. The van der Waals surface area contributed by atoms with Crippen LogP contribution in [0, 0.1) is 0 Å². The van der Waals surface area contributed by atoms with Gasteiger partial charge in [-0.2, -0.15) is 0 Å². The van der Waals surface area contributed by atoms with Gasteiger partial charge in [-0.3, -0.25) is 19.6 Å². The molecule has 1 atom stereocenters. The van der Waals surface area contributed by atoms with Crippen molar-refractivity contribution in [3.63, 3.8) is 0 Å². The Morgan fingerprint density at radius 3 is 2.57 bits per heavy atom. The van der Waals surface area contributed by atoms with Crippen LogP contribution in [0.15, 0.2) is 84.2 Å². The summed E-state index contributed by atoms with van der Waals surface area (Å²) < 4.78 is 0. The maximum Gasteiger partial charge on any atom is 0.271 e. The summed E-state index contributed by atoms with van der Waals surface area (Å²) in [5.41, 5.74) is 1.92. The van der Waals surface area contributed by atoms with Crippen molar-refractivity contribution >= 4 is 5.91 Å². The first kappa shape index (κ1) is 19.1. The molecular weight excluding hydrogens is 380 g/mol. The van der Waals surface area contributed by atoms with E-state index in [2.05, 4.69) is 30.2 Å². The number of aromatic amines is 1. The van der Waals surface area contributed by atoms with Crippen LogP contribution in [0.4, 0.5) is 0 Å². The predicted molar refractivity (Wildman–Crippen MR) is 110 cm³/mol. The number of nitrogens with zero attached hydrogens (tertiary/aromatic N) is 4. The topological polar surface area (TPSA) is 114 Å². The van der Waals surface area contributed by atoms with E-state index in [1.165, 1.54) is 24.7 Å². The fraction of sp³-hybridized carbons (Fsp3) is 0.0909. The lowest BCUT2D eigenvalue weighted by Gasteiger charge is -2.19. The Balaban J connectivity index is 1.65. The third-order valence-electron chi connectivity index (χ3n) is 4.42. The van der Waals surface area contributed by atoms with Gasteiger partial charge < -0.3 is 10.3 Å². The molecule has 0 radical (unpaired) electrons. The van der Waals surface area contributed by atoms with E-state index in [0.29, 0.717) is 23.6 Å². The highest BCUT2D eigenvalue weighted by molar-refractivity contribution is 5.92. The summed E-state index contributed by atoms with van der Waals surface area (Å²) in [6.45, 7) is 0. The molecule has 4 rings (SSSR count). The molecular formula is C22H18N6O2. The molecule has 0 saturated carbocycles. The van der Waals surface area contributed by atoms with Gasteiger partial charge in [0.25, 0.3) is 11.5 Å². The molecule has 0 bridgehead atoms. The highest BCUT2D eigenvalue weighted by Crippen LogP contribution is 2.19. The van der Waals surface area contributed by atoms with Gasteiger partial charge in [-0.25, -0.2) is 9.97 Å². The minimum absolute atomic E-state index is 0.214. The molecule has 2 N–H and O–H groups in total. The van der Waals surface area contributed by atoms with Crippen LogP contribution >= 0.6 is 0 Å². The number of amides is 1. The second-order valence-corrected chi connectivity index (χ2v) is 6.53. The van der Waals surface area contributed by atoms with Gasteiger partial charge in [0.2, 0.25) is 0 Å². The molecule has 4 aromatic rings. The summed E-state index contributed by atoms with van der Waals surface area (Å²) in [6.07, 6.45) is 6.33. The molecule has 0 saturated heterocycles. The van der Waals surface area contributed by atoms with Crippen LogP contribution in [-0.4, -0.2) is 30.8 Å². The number of hydrogen-bond donors (Lipinski definition) is 2. The Morgan fingerprint density at radius 1 is 1.00 bits per heavy atom. The molecule has 148 valence electrons. The fourth-order valence-corrected chi connectivity index (χ4v) is 3.03. The van der Waals surface area contributed by atoms with Crippen molar-refractivity contribution < 1.29 is 4.79 Å². The first-order valence-corrected chi connectivity index (χ1v) is 9.32. The Morgan fingerprint density at radius 2 is 1.83 bits per heavy atom. The zero-order chi connectivity index (χ0) is 20.8. The van der Waals surface area contributed by atoms with Crippen LogP contribution in [0.5, 0.6) is 0 Å². The fourth-order valence-electron chi connectivity index (χ4n) is 3.03. The standard InChI is InChI=1S/C22H18N6O2/c29-20-13-16(26-21(28-20)17-8-4-5-9-24-17)12-18(15-6-2-1-3-7-15)27-22(30)19-14-23-10-11-25-19/h1-11,13-14,18H,12H2,(H,27,30)(H,26,28,29). The first-order chi connectivity index (χ1) is 14.7. The van der Waals surface area contributed by atoms with Crippen LogP contribution in [-0.2, 0) is 6.42 Å². The number of nitrogens with one attached hydrogen (secondary N) is 2. The molecule has 1 amide bonds. The van der Waals surface area contributed by atoms with Crippen molar-refractivity contribution in [2.24, 2.45) is 0 Å². The lowest BCUT2D eigenvalue weighted by atomic mass is 10.0. The zero-order valence-corrected chi connectivity index (χ0v) is 15.9. The van der Waals surface area contributed by atoms with Crippen molar-refractivity contribution in [3.05, 3.63) is 107 Å². The molecule has 8 heteroatoms. The average Bonchev–Trinajstić information content (AvgIpc) is 2.80. The lowest BCUT2D eigenvalue weighted by molar-refractivity contribution is 0.0931. The molecule has 8 nitrogen and oxygen atoms in total. The van der Waals surface area contributed by atoms with E-state index in [9.17, 15) is 9.59 Å². The maximum atomic E-state index is 12.7. The van der Waals surface area contributed by atoms with E-state index in [0.717, 1.165) is 5.56 Å². The molecule has 0 aliphatic heterocycles.